The van der Waals surface area contributed by atoms with Crippen LogP contribution in [-0.2, 0) is 21.1 Å². The van der Waals surface area contributed by atoms with Gasteiger partial charge in [0.15, 0.2) is 9.84 Å². The van der Waals surface area contributed by atoms with E-state index in [0.717, 1.165) is 6.26 Å². The normalized spacial score (nSPS) is 11.5. The maximum absolute atomic E-state index is 11.6. The summed E-state index contributed by atoms with van der Waals surface area (Å²) in [5.41, 5.74) is 0.461. The van der Waals surface area contributed by atoms with Crippen LogP contribution in [0.2, 0.25) is 0 Å². The van der Waals surface area contributed by atoms with Gasteiger partial charge in [0.2, 0.25) is 0 Å². The van der Waals surface area contributed by atoms with E-state index in [1.807, 2.05) is 0 Å². The second-order valence-corrected chi connectivity index (χ2v) is 7.11. The molecule has 0 bridgehead atoms. The van der Waals surface area contributed by atoms with Gasteiger partial charge in [-0.2, -0.15) is 0 Å². The van der Waals surface area contributed by atoms with E-state index in [1.54, 1.807) is 12.3 Å². The molecule has 94 valence electrons. The minimum Gasteiger partial charge on any atom is -0.481 e. The third-order valence-corrected chi connectivity index (χ3v) is 5.01. The predicted octanol–water partition coefficient (Wildman–Crippen LogP) is 2.20. The van der Waals surface area contributed by atoms with E-state index < -0.39 is 15.8 Å². The van der Waals surface area contributed by atoms with Gasteiger partial charge in [-0.3, -0.25) is 4.79 Å². The average molecular weight is 339 g/mol. The number of hydrogen-bond donors (Lipinski definition) is 1. The maximum Gasteiger partial charge on any atom is 0.307 e. The van der Waals surface area contributed by atoms with E-state index in [1.165, 1.54) is 17.8 Å². The second kappa shape index (κ2) is 5.41. The molecule has 0 unspecified atom stereocenters. The smallest absolute Gasteiger partial charge is 0.307 e. The van der Waals surface area contributed by atoms with E-state index in [-0.39, 0.29) is 11.3 Å². The molecule has 0 atom stereocenters. The summed E-state index contributed by atoms with van der Waals surface area (Å²) >= 11 is 4.57. The molecule has 7 heteroatoms. The number of rotatable bonds is 4. The first kappa shape index (κ1) is 14.5. The Bertz CT molecular complexity index is 552. The van der Waals surface area contributed by atoms with E-state index in [0.29, 0.717) is 14.9 Å². The van der Waals surface area contributed by atoms with Crippen molar-refractivity contribution in [3.8, 4) is 0 Å². The van der Waals surface area contributed by atoms with Crippen LogP contribution >= 0.6 is 27.7 Å². The molecule has 4 nitrogen and oxygen atoms in total. The summed E-state index contributed by atoms with van der Waals surface area (Å²) in [4.78, 5) is 11.4. The highest BCUT2D eigenvalue weighted by molar-refractivity contribution is 9.10. The molecule has 0 aliphatic carbocycles. The van der Waals surface area contributed by atoms with Gasteiger partial charge in [-0.15, -0.1) is 11.8 Å². The van der Waals surface area contributed by atoms with Crippen molar-refractivity contribution in [1.82, 2.24) is 0 Å². The number of carboxylic acid groups (broad SMARTS) is 1. The zero-order chi connectivity index (χ0) is 13.2. The highest BCUT2D eigenvalue weighted by atomic mass is 79.9. The van der Waals surface area contributed by atoms with Gasteiger partial charge in [0.25, 0.3) is 0 Å². The Hall–Kier alpha value is -0.530. The van der Waals surface area contributed by atoms with Crippen molar-refractivity contribution in [3.63, 3.8) is 0 Å². The van der Waals surface area contributed by atoms with Crippen LogP contribution in [0.25, 0.3) is 0 Å². The minimum absolute atomic E-state index is 0.163. The van der Waals surface area contributed by atoms with Crippen molar-refractivity contribution < 1.29 is 18.3 Å². The fourth-order valence-electron chi connectivity index (χ4n) is 1.37. The molecule has 0 saturated carbocycles. The van der Waals surface area contributed by atoms with E-state index in [2.05, 4.69) is 15.9 Å². The zero-order valence-electron chi connectivity index (χ0n) is 9.23. The Morgan fingerprint density at radius 2 is 2.06 bits per heavy atom. The lowest BCUT2D eigenvalue weighted by Gasteiger charge is -2.10. The molecular weight excluding hydrogens is 328 g/mol. The molecule has 0 aliphatic rings. The first-order valence-corrected chi connectivity index (χ1v) is 8.45. The third kappa shape index (κ3) is 3.72. The Morgan fingerprint density at radius 1 is 1.47 bits per heavy atom. The minimum atomic E-state index is -3.37. The Kier molecular flexibility index (Phi) is 4.62. The fraction of sp³-hybridized carbons (Fsp3) is 0.300. The SMILES string of the molecule is CSc1c(Br)cc(CC(=O)O)cc1S(C)(=O)=O. The molecule has 1 rings (SSSR count). The van der Waals surface area contributed by atoms with Crippen LogP contribution in [0.1, 0.15) is 5.56 Å². The maximum atomic E-state index is 11.6. The van der Waals surface area contributed by atoms with Crippen molar-refractivity contribution in [2.75, 3.05) is 12.5 Å². The van der Waals surface area contributed by atoms with Gasteiger partial charge in [-0.05, 0) is 39.9 Å². The third-order valence-electron chi connectivity index (χ3n) is 2.03. The van der Waals surface area contributed by atoms with E-state index >= 15 is 0 Å². The number of halogens is 1. The number of aliphatic carboxylic acids is 1. The lowest BCUT2D eigenvalue weighted by atomic mass is 10.1. The van der Waals surface area contributed by atoms with Crippen molar-refractivity contribution >= 4 is 43.5 Å². The number of carbonyl (C=O) groups is 1. The van der Waals surface area contributed by atoms with Gasteiger partial charge in [-0.25, -0.2) is 8.42 Å². The van der Waals surface area contributed by atoms with E-state index in [4.69, 9.17) is 5.11 Å². The molecule has 0 heterocycles. The summed E-state index contributed by atoms with van der Waals surface area (Å²) in [7, 11) is -3.37. The summed E-state index contributed by atoms with van der Waals surface area (Å²) in [6, 6.07) is 3.05. The molecule has 0 spiro atoms. The van der Waals surface area contributed by atoms with Crippen molar-refractivity contribution in [3.05, 3.63) is 22.2 Å². The largest absolute Gasteiger partial charge is 0.481 e. The van der Waals surface area contributed by atoms with Crippen LogP contribution < -0.4 is 0 Å². The number of benzene rings is 1. The highest BCUT2D eigenvalue weighted by Crippen LogP contribution is 2.33. The van der Waals surface area contributed by atoms with Crippen LogP contribution in [0.5, 0.6) is 0 Å². The van der Waals surface area contributed by atoms with Crippen LogP contribution in [0.4, 0.5) is 0 Å². The van der Waals surface area contributed by atoms with Crippen molar-refractivity contribution in [2.24, 2.45) is 0 Å². The molecule has 1 aromatic carbocycles. The zero-order valence-corrected chi connectivity index (χ0v) is 12.4. The first-order chi connectivity index (χ1) is 7.75. The monoisotopic (exact) mass is 338 g/mol. The Labute approximate surface area is 112 Å². The second-order valence-electron chi connectivity index (χ2n) is 3.45. The van der Waals surface area contributed by atoms with Crippen LogP contribution in [0.15, 0.2) is 26.4 Å². The Balaban J connectivity index is 3.44. The van der Waals surface area contributed by atoms with Crippen molar-refractivity contribution in [1.29, 1.82) is 0 Å². The topological polar surface area (TPSA) is 71.4 Å². The van der Waals surface area contributed by atoms with Crippen LogP contribution in [-0.4, -0.2) is 32.0 Å². The molecule has 0 saturated heterocycles. The first-order valence-electron chi connectivity index (χ1n) is 4.54. The molecule has 0 radical (unpaired) electrons. The highest BCUT2D eigenvalue weighted by Gasteiger charge is 2.17. The summed E-state index contributed by atoms with van der Waals surface area (Å²) in [5.74, 6) is -0.992. The number of sulfone groups is 1. The van der Waals surface area contributed by atoms with E-state index in [9.17, 15) is 13.2 Å². The van der Waals surface area contributed by atoms with Crippen LogP contribution in [0.3, 0.4) is 0 Å². The summed E-state index contributed by atoms with van der Waals surface area (Å²) in [6.45, 7) is 0. The van der Waals surface area contributed by atoms with Gasteiger partial charge < -0.3 is 5.11 Å². The quantitative estimate of drug-likeness (QED) is 0.852. The molecule has 0 aliphatic heterocycles. The van der Waals surface area contributed by atoms with Gasteiger partial charge in [0, 0.05) is 15.6 Å². The molecule has 0 amide bonds. The average Bonchev–Trinajstić information content (AvgIpc) is 2.14. The Morgan fingerprint density at radius 3 is 2.47 bits per heavy atom. The number of carboxylic acids is 1. The molecular formula is C10H11BrO4S2. The predicted molar refractivity (Wildman–Crippen MR) is 70.4 cm³/mol. The van der Waals surface area contributed by atoms with Crippen molar-refractivity contribution in [2.45, 2.75) is 16.2 Å². The van der Waals surface area contributed by atoms with Gasteiger partial charge >= 0.3 is 5.97 Å². The summed E-state index contributed by atoms with van der Waals surface area (Å²) < 4.78 is 23.8. The molecule has 0 fully saturated rings. The molecule has 0 aromatic heterocycles. The summed E-state index contributed by atoms with van der Waals surface area (Å²) in [6.07, 6.45) is 2.68. The van der Waals surface area contributed by atoms with Gasteiger partial charge in [0.05, 0.1) is 11.3 Å². The van der Waals surface area contributed by atoms with Gasteiger partial charge in [0.1, 0.15) is 0 Å². The standard InChI is InChI=1S/C10H11BrO4S2/c1-16-10-7(11)3-6(5-9(12)13)4-8(10)17(2,14)15/h3-4H,5H2,1-2H3,(H,12,13). The lowest BCUT2D eigenvalue weighted by Crippen LogP contribution is -2.05. The number of thioether (sulfide) groups is 1. The molecule has 17 heavy (non-hydrogen) atoms. The number of hydrogen-bond acceptors (Lipinski definition) is 4. The molecule has 1 N–H and O–H groups in total. The lowest BCUT2D eigenvalue weighted by molar-refractivity contribution is -0.136. The fourth-order valence-corrected chi connectivity index (χ4v) is 4.53. The summed E-state index contributed by atoms with van der Waals surface area (Å²) in [5, 5.41) is 8.71. The van der Waals surface area contributed by atoms with Gasteiger partial charge in [-0.1, -0.05) is 0 Å². The van der Waals surface area contributed by atoms with Crippen LogP contribution in [0, 0.1) is 0 Å². The molecule has 1 aromatic rings.